The van der Waals surface area contributed by atoms with Gasteiger partial charge in [-0.25, -0.2) is 0 Å². The second kappa shape index (κ2) is 8.87. The van der Waals surface area contributed by atoms with E-state index in [1.807, 2.05) is 61.5 Å². The summed E-state index contributed by atoms with van der Waals surface area (Å²) in [6.45, 7) is 1.43. The zero-order valence-corrected chi connectivity index (χ0v) is 16.4. The van der Waals surface area contributed by atoms with Crippen molar-refractivity contribution in [1.82, 2.24) is 9.80 Å². The highest BCUT2D eigenvalue weighted by atomic mass is 16.5. The third-order valence-electron chi connectivity index (χ3n) is 5.00. The highest BCUT2D eigenvalue weighted by Crippen LogP contribution is 2.30. The van der Waals surface area contributed by atoms with Gasteiger partial charge >= 0.3 is 5.97 Å². The van der Waals surface area contributed by atoms with Crippen LogP contribution in [0, 0.1) is 6.92 Å². The SMILES string of the molecule is Cc1ccc(CN(CC(=O)O)C(=O)[C@@H]2OCC(=O)N(C)[C@@H]2c2ccccc2)cc1. The number of aliphatic carboxylic acids is 1. The Labute approximate surface area is 169 Å². The Morgan fingerprint density at radius 2 is 1.79 bits per heavy atom. The van der Waals surface area contributed by atoms with E-state index >= 15 is 0 Å². The maximum absolute atomic E-state index is 13.3. The van der Waals surface area contributed by atoms with Crippen molar-refractivity contribution >= 4 is 17.8 Å². The van der Waals surface area contributed by atoms with Crippen LogP contribution in [-0.4, -0.2) is 59.0 Å². The topological polar surface area (TPSA) is 87.1 Å². The molecule has 7 nitrogen and oxygen atoms in total. The van der Waals surface area contributed by atoms with Crippen molar-refractivity contribution in [2.45, 2.75) is 25.6 Å². The maximum Gasteiger partial charge on any atom is 0.323 e. The van der Waals surface area contributed by atoms with E-state index < -0.39 is 30.6 Å². The van der Waals surface area contributed by atoms with Crippen molar-refractivity contribution in [3.8, 4) is 0 Å². The second-order valence-electron chi connectivity index (χ2n) is 7.17. The predicted octanol–water partition coefficient (Wildman–Crippen LogP) is 2.01. The van der Waals surface area contributed by atoms with Crippen LogP contribution in [0.1, 0.15) is 22.7 Å². The van der Waals surface area contributed by atoms with E-state index in [0.717, 1.165) is 16.7 Å². The summed E-state index contributed by atoms with van der Waals surface area (Å²) in [5, 5.41) is 9.33. The minimum atomic E-state index is -1.11. The predicted molar refractivity (Wildman–Crippen MR) is 106 cm³/mol. The van der Waals surface area contributed by atoms with Crippen LogP contribution in [0.4, 0.5) is 0 Å². The van der Waals surface area contributed by atoms with Crippen molar-refractivity contribution in [1.29, 1.82) is 0 Å². The minimum absolute atomic E-state index is 0.143. The fourth-order valence-corrected chi connectivity index (χ4v) is 3.44. The highest BCUT2D eigenvalue weighted by molar-refractivity contribution is 5.88. The largest absolute Gasteiger partial charge is 0.480 e. The number of carbonyl (C=O) groups is 3. The number of hydrogen-bond acceptors (Lipinski definition) is 4. The number of rotatable bonds is 6. The van der Waals surface area contributed by atoms with Gasteiger partial charge < -0.3 is 19.6 Å². The summed E-state index contributed by atoms with van der Waals surface area (Å²) in [6.07, 6.45) is -0.982. The second-order valence-corrected chi connectivity index (χ2v) is 7.17. The zero-order chi connectivity index (χ0) is 21.0. The molecule has 1 fully saturated rings. The van der Waals surface area contributed by atoms with E-state index in [4.69, 9.17) is 4.74 Å². The smallest absolute Gasteiger partial charge is 0.323 e. The molecule has 3 rings (SSSR count). The van der Waals surface area contributed by atoms with Gasteiger partial charge in [0.05, 0.1) is 6.04 Å². The van der Waals surface area contributed by atoms with E-state index in [1.54, 1.807) is 7.05 Å². The normalized spacial score (nSPS) is 19.1. The molecule has 1 N–H and O–H groups in total. The number of carbonyl (C=O) groups excluding carboxylic acids is 2. The molecule has 0 aromatic heterocycles. The Kier molecular flexibility index (Phi) is 6.29. The lowest BCUT2D eigenvalue weighted by molar-refractivity contribution is -0.169. The molecule has 29 heavy (non-hydrogen) atoms. The molecule has 152 valence electrons. The van der Waals surface area contributed by atoms with Crippen molar-refractivity contribution < 1.29 is 24.2 Å². The third-order valence-corrected chi connectivity index (χ3v) is 5.00. The summed E-state index contributed by atoms with van der Waals surface area (Å²) < 4.78 is 5.63. The average molecular weight is 396 g/mol. The number of ether oxygens (including phenoxy) is 1. The van der Waals surface area contributed by atoms with E-state index in [-0.39, 0.29) is 19.1 Å². The first-order valence-electron chi connectivity index (χ1n) is 9.35. The van der Waals surface area contributed by atoms with Crippen molar-refractivity contribution in [3.63, 3.8) is 0 Å². The van der Waals surface area contributed by atoms with Gasteiger partial charge in [0.2, 0.25) is 5.91 Å². The molecule has 1 saturated heterocycles. The molecule has 7 heteroatoms. The molecule has 2 atom stereocenters. The number of carboxylic acid groups (broad SMARTS) is 1. The van der Waals surface area contributed by atoms with Gasteiger partial charge in [-0.05, 0) is 18.1 Å². The van der Waals surface area contributed by atoms with Crippen LogP contribution in [-0.2, 0) is 25.7 Å². The molecule has 1 heterocycles. The van der Waals surface area contributed by atoms with Crippen LogP contribution in [0.2, 0.25) is 0 Å². The monoisotopic (exact) mass is 396 g/mol. The minimum Gasteiger partial charge on any atom is -0.480 e. The number of amides is 2. The summed E-state index contributed by atoms with van der Waals surface area (Å²) in [5.74, 6) is -1.80. The number of morpholine rings is 1. The number of aryl methyl sites for hydroxylation is 1. The highest BCUT2D eigenvalue weighted by Gasteiger charge is 2.42. The molecule has 0 spiro atoms. The van der Waals surface area contributed by atoms with Crippen molar-refractivity contribution in [2.75, 3.05) is 20.2 Å². The molecular formula is C22H24N2O5. The summed E-state index contributed by atoms with van der Waals surface area (Å²) in [4.78, 5) is 39.7. The van der Waals surface area contributed by atoms with Gasteiger partial charge in [0.25, 0.3) is 5.91 Å². The summed E-state index contributed by atoms with van der Waals surface area (Å²) in [5.41, 5.74) is 2.65. The first kappa shape index (κ1) is 20.5. The number of hydrogen-bond donors (Lipinski definition) is 1. The Morgan fingerprint density at radius 3 is 2.41 bits per heavy atom. The number of benzene rings is 2. The molecule has 0 unspecified atom stereocenters. The fraction of sp³-hybridized carbons (Fsp3) is 0.318. The van der Waals surface area contributed by atoms with E-state index in [1.165, 1.54) is 9.80 Å². The Morgan fingerprint density at radius 1 is 1.14 bits per heavy atom. The van der Waals surface area contributed by atoms with E-state index in [2.05, 4.69) is 0 Å². The zero-order valence-electron chi connectivity index (χ0n) is 16.4. The van der Waals surface area contributed by atoms with Crippen LogP contribution >= 0.6 is 0 Å². The third kappa shape index (κ3) is 4.81. The van der Waals surface area contributed by atoms with Crippen LogP contribution in [0.15, 0.2) is 54.6 Å². The van der Waals surface area contributed by atoms with Gasteiger partial charge in [-0.3, -0.25) is 14.4 Å². The van der Waals surface area contributed by atoms with Gasteiger partial charge in [0.15, 0.2) is 6.10 Å². The number of likely N-dealkylation sites (N-methyl/N-ethyl adjacent to an activating group) is 1. The molecule has 0 saturated carbocycles. The van der Waals surface area contributed by atoms with E-state index in [9.17, 15) is 19.5 Å². The lowest BCUT2D eigenvalue weighted by Crippen LogP contribution is -2.54. The Balaban J connectivity index is 1.90. The molecule has 1 aliphatic rings. The lowest BCUT2D eigenvalue weighted by atomic mass is 9.97. The molecule has 0 aliphatic carbocycles. The van der Waals surface area contributed by atoms with E-state index in [0.29, 0.717) is 0 Å². The van der Waals surface area contributed by atoms with Crippen LogP contribution in [0.25, 0.3) is 0 Å². The Hall–Kier alpha value is -3.19. The fourth-order valence-electron chi connectivity index (χ4n) is 3.44. The number of nitrogens with zero attached hydrogens (tertiary/aromatic N) is 2. The van der Waals surface area contributed by atoms with Crippen molar-refractivity contribution in [3.05, 3.63) is 71.3 Å². The van der Waals surface area contributed by atoms with Crippen LogP contribution in [0.3, 0.4) is 0 Å². The molecule has 2 aromatic carbocycles. The molecule has 0 bridgehead atoms. The van der Waals surface area contributed by atoms with Gasteiger partial charge in [0.1, 0.15) is 13.2 Å². The summed E-state index contributed by atoms with van der Waals surface area (Å²) in [7, 11) is 1.63. The molecule has 0 radical (unpaired) electrons. The molecule has 2 amide bonds. The van der Waals surface area contributed by atoms with Crippen LogP contribution in [0.5, 0.6) is 0 Å². The standard InChI is InChI=1S/C22H24N2O5/c1-15-8-10-16(11-9-15)12-24(13-19(26)27)22(28)21-20(17-6-4-3-5-7-17)23(2)18(25)14-29-21/h3-11,20-21H,12-14H2,1-2H3,(H,26,27)/t20-,21-/m1/s1. The van der Waals surface area contributed by atoms with Crippen molar-refractivity contribution in [2.24, 2.45) is 0 Å². The quantitative estimate of drug-likeness (QED) is 0.807. The molecule has 2 aromatic rings. The summed E-state index contributed by atoms with van der Waals surface area (Å²) >= 11 is 0. The maximum atomic E-state index is 13.3. The number of carboxylic acids is 1. The van der Waals surface area contributed by atoms with Gasteiger partial charge in [-0.1, -0.05) is 60.2 Å². The first-order valence-corrected chi connectivity index (χ1v) is 9.35. The first-order chi connectivity index (χ1) is 13.9. The molecule has 1 aliphatic heterocycles. The molecular weight excluding hydrogens is 372 g/mol. The summed E-state index contributed by atoms with van der Waals surface area (Å²) in [6, 6.07) is 16.1. The van der Waals surface area contributed by atoms with Gasteiger partial charge in [-0.15, -0.1) is 0 Å². The van der Waals surface area contributed by atoms with Gasteiger partial charge in [-0.2, -0.15) is 0 Å². The van der Waals surface area contributed by atoms with Gasteiger partial charge in [0, 0.05) is 13.6 Å². The van der Waals surface area contributed by atoms with Crippen LogP contribution < -0.4 is 0 Å². The average Bonchev–Trinajstić information content (AvgIpc) is 2.71. The Bertz CT molecular complexity index is 882. The lowest BCUT2D eigenvalue weighted by Gasteiger charge is -2.40.